The standard InChI is InChI=1S/C21H21NO5/c1-2-26-19(24)16-10-6-7-11-17(16)22-18(23)14-27-20(25)21(12-13-21)15-8-4-3-5-9-15/h3-11H,2,12-14H2,1H3,(H,22,23). The third kappa shape index (κ3) is 4.16. The molecule has 1 N–H and O–H groups in total. The summed E-state index contributed by atoms with van der Waals surface area (Å²) in [6.07, 6.45) is 1.42. The highest BCUT2D eigenvalue weighted by Crippen LogP contribution is 2.49. The highest BCUT2D eigenvalue weighted by atomic mass is 16.5. The summed E-state index contributed by atoms with van der Waals surface area (Å²) in [5, 5.41) is 2.60. The molecule has 0 aromatic heterocycles. The Bertz CT molecular complexity index is 843. The Morgan fingerprint density at radius 1 is 0.963 bits per heavy atom. The van der Waals surface area contributed by atoms with Crippen molar-refractivity contribution in [1.82, 2.24) is 0 Å². The van der Waals surface area contributed by atoms with E-state index in [0.29, 0.717) is 18.5 Å². The predicted octanol–water partition coefficient (Wildman–Crippen LogP) is 3.08. The second-order valence-electron chi connectivity index (χ2n) is 6.34. The zero-order valence-corrected chi connectivity index (χ0v) is 15.1. The normalized spacial score (nSPS) is 14.1. The minimum Gasteiger partial charge on any atom is -0.462 e. The van der Waals surface area contributed by atoms with E-state index in [1.807, 2.05) is 30.3 Å². The van der Waals surface area contributed by atoms with Gasteiger partial charge >= 0.3 is 11.9 Å². The molecule has 0 saturated heterocycles. The molecular formula is C21H21NO5. The first kappa shape index (κ1) is 18.6. The van der Waals surface area contributed by atoms with Crippen molar-refractivity contribution in [3.05, 3.63) is 65.7 Å². The zero-order valence-electron chi connectivity index (χ0n) is 15.1. The number of amides is 1. The third-order valence-corrected chi connectivity index (χ3v) is 4.50. The molecule has 1 saturated carbocycles. The fourth-order valence-electron chi connectivity index (χ4n) is 2.93. The van der Waals surface area contributed by atoms with Crippen LogP contribution in [0.5, 0.6) is 0 Å². The average Bonchev–Trinajstić information content (AvgIpc) is 3.49. The van der Waals surface area contributed by atoms with Crippen LogP contribution in [0.3, 0.4) is 0 Å². The number of carbonyl (C=O) groups excluding carboxylic acids is 3. The van der Waals surface area contributed by atoms with Crippen molar-refractivity contribution in [3.8, 4) is 0 Å². The smallest absolute Gasteiger partial charge is 0.340 e. The monoisotopic (exact) mass is 367 g/mol. The first-order chi connectivity index (χ1) is 13.1. The molecule has 1 aliphatic carbocycles. The van der Waals surface area contributed by atoms with Crippen molar-refractivity contribution in [2.45, 2.75) is 25.2 Å². The van der Waals surface area contributed by atoms with Gasteiger partial charge < -0.3 is 14.8 Å². The maximum absolute atomic E-state index is 12.5. The highest BCUT2D eigenvalue weighted by molar-refractivity contribution is 6.02. The van der Waals surface area contributed by atoms with Gasteiger partial charge in [0.15, 0.2) is 6.61 Å². The van der Waals surface area contributed by atoms with Crippen molar-refractivity contribution in [2.24, 2.45) is 0 Å². The minimum atomic E-state index is -0.635. The number of esters is 2. The van der Waals surface area contributed by atoms with E-state index >= 15 is 0 Å². The number of hydrogen-bond donors (Lipinski definition) is 1. The summed E-state index contributed by atoms with van der Waals surface area (Å²) in [4.78, 5) is 36.6. The molecule has 140 valence electrons. The SMILES string of the molecule is CCOC(=O)c1ccccc1NC(=O)COC(=O)C1(c2ccccc2)CC1. The lowest BCUT2D eigenvalue weighted by Gasteiger charge is -2.15. The van der Waals surface area contributed by atoms with E-state index in [9.17, 15) is 14.4 Å². The number of rotatable bonds is 7. The molecule has 2 aromatic carbocycles. The molecule has 1 fully saturated rings. The lowest BCUT2D eigenvalue weighted by atomic mass is 9.96. The summed E-state index contributed by atoms with van der Waals surface area (Å²) in [5.41, 5.74) is 0.843. The van der Waals surface area contributed by atoms with Crippen LogP contribution >= 0.6 is 0 Å². The molecule has 0 heterocycles. The van der Waals surface area contributed by atoms with Crippen LogP contribution in [0.1, 0.15) is 35.7 Å². The molecule has 0 aliphatic heterocycles. The van der Waals surface area contributed by atoms with Gasteiger partial charge in [0.1, 0.15) is 0 Å². The largest absolute Gasteiger partial charge is 0.462 e. The minimum absolute atomic E-state index is 0.236. The second kappa shape index (κ2) is 8.03. The van der Waals surface area contributed by atoms with Crippen molar-refractivity contribution in [2.75, 3.05) is 18.5 Å². The highest BCUT2D eigenvalue weighted by Gasteiger charge is 2.52. The molecule has 3 rings (SSSR count). The van der Waals surface area contributed by atoms with Crippen LogP contribution in [0.15, 0.2) is 54.6 Å². The Morgan fingerprint density at radius 2 is 1.63 bits per heavy atom. The summed E-state index contributed by atoms with van der Waals surface area (Å²) in [6, 6.07) is 16.0. The van der Waals surface area contributed by atoms with Gasteiger partial charge in [0.05, 0.1) is 23.3 Å². The van der Waals surface area contributed by atoms with Gasteiger partial charge in [0.2, 0.25) is 0 Å². The van der Waals surface area contributed by atoms with Gasteiger partial charge in [0, 0.05) is 0 Å². The van der Waals surface area contributed by atoms with Gasteiger partial charge in [0.25, 0.3) is 5.91 Å². The first-order valence-corrected chi connectivity index (χ1v) is 8.85. The number of anilines is 1. The molecule has 6 nitrogen and oxygen atoms in total. The second-order valence-corrected chi connectivity index (χ2v) is 6.34. The fourth-order valence-corrected chi connectivity index (χ4v) is 2.93. The lowest BCUT2D eigenvalue weighted by molar-refractivity contribution is -0.150. The van der Waals surface area contributed by atoms with E-state index in [-0.39, 0.29) is 12.2 Å². The molecule has 0 bridgehead atoms. The summed E-state index contributed by atoms with van der Waals surface area (Å²) < 4.78 is 10.2. The Labute approximate surface area is 157 Å². The molecule has 0 atom stereocenters. The Balaban J connectivity index is 1.60. The van der Waals surface area contributed by atoms with Crippen molar-refractivity contribution in [3.63, 3.8) is 0 Å². The van der Waals surface area contributed by atoms with E-state index in [4.69, 9.17) is 9.47 Å². The number of para-hydroxylation sites is 1. The summed E-state index contributed by atoms with van der Waals surface area (Å²) in [7, 11) is 0. The van der Waals surface area contributed by atoms with Crippen molar-refractivity contribution in [1.29, 1.82) is 0 Å². The summed E-state index contributed by atoms with van der Waals surface area (Å²) in [5.74, 6) is -1.43. The van der Waals surface area contributed by atoms with Gasteiger partial charge in [-0.1, -0.05) is 42.5 Å². The topological polar surface area (TPSA) is 81.7 Å². The van der Waals surface area contributed by atoms with Crippen LogP contribution in [0, 0.1) is 0 Å². The predicted molar refractivity (Wildman–Crippen MR) is 99.3 cm³/mol. The van der Waals surface area contributed by atoms with E-state index in [2.05, 4.69) is 5.32 Å². The van der Waals surface area contributed by atoms with Crippen LogP contribution in [0.2, 0.25) is 0 Å². The Kier molecular flexibility index (Phi) is 5.54. The molecule has 27 heavy (non-hydrogen) atoms. The lowest BCUT2D eigenvalue weighted by Crippen LogP contribution is -2.28. The zero-order chi connectivity index (χ0) is 19.3. The molecule has 0 unspecified atom stereocenters. The van der Waals surface area contributed by atoms with Gasteiger partial charge in [-0.05, 0) is 37.5 Å². The maximum Gasteiger partial charge on any atom is 0.340 e. The van der Waals surface area contributed by atoms with Crippen LogP contribution in [-0.2, 0) is 24.5 Å². The van der Waals surface area contributed by atoms with Crippen LogP contribution in [0.25, 0.3) is 0 Å². The van der Waals surface area contributed by atoms with Gasteiger partial charge in [-0.3, -0.25) is 9.59 Å². The fraction of sp³-hybridized carbons (Fsp3) is 0.286. The third-order valence-electron chi connectivity index (χ3n) is 4.50. The summed E-state index contributed by atoms with van der Waals surface area (Å²) >= 11 is 0. The molecular weight excluding hydrogens is 346 g/mol. The van der Waals surface area contributed by atoms with Crippen LogP contribution in [0.4, 0.5) is 5.69 Å². The van der Waals surface area contributed by atoms with Crippen molar-refractivity contribution >= 4 is 23.5 Å². The quantitative estimate of drug-likeness (QED) is 0.761. The maximum atomic E-state index is 12.5. The van der Waals surface area contributed by atoms with Gasteiger partial charge in [-0.25, -0.2) is 4.79 Å². The van der Waals surface area contributed by atoms with Crippen LogP contribution < -0.4 is 5.32 Å². The van der Waals surface area contributed by atoms with E-state index in [1.54, 1.807) is 31.2 Å². The number of hydrogen-bond acceptors (Lipinski definition) is 5. The summed E-state index contributed by atoms with van der Waals surface area (Å²) in [6.45, 7) is 1.53. The molecule has 1 amide bonds. The van der Waals surface area contributed by atoms with Gasteiger partial charge in [-0.2, -0.15) is 0 Å². The van der Waals surface area contributed by atoms with E-state index < -0.39 is 29.9 Å². The van der Waals surface area contributed by atoms with E-state index in [0.717, 1.165) is 5.56 Å². The molecule has 0 spiro atoms. The van der Waals surface area contributed by atoms with Crippen molar-refractivity contribution < 1.29 is 23.9 Å². The number of carbonyl (C=O) groups is 3. The number of benzene rings is 2. The molecule has 6 heteroatoms. The number of nitrogens with one attached hydrogen (secondary N) is 1. The Morgan fingerprint density at radius 3 is 2.30 bits per heavy atom. The number of ether oxygens (including phenoxy) is 2. The Hall–Kier alpha value is -3.15. The molecule has 0 radical (unpaired) electrons. The van der Waals surface area contributed by atoms with Gasteiger partial charge in [-0.15, -0.1) is 0 Å². The molecule has 1 aliphatic rings. The average molecular weight is 367 g/mol. The molecule has 2 aromatic rings. The first-order valence-electron chi connectivity index (χ1n) is 8.85. The van der Waals surface area contributed by atoms with E-state index in [1.165, 1.54) is 0 Å². The van der Waals surface area contributed by atoms with Crippen LogP contribution in [-0.4, -0.2) is 31.1 Å².